The van der Waals surface area contributed by atoms with Crippen molar-refractivity contribution in [3.63, 3.8) is 0 Å². The van der Waals surface area contributed by atoms with E-state index in [1.165, 1.54) is 11.0 Å². The Balaban J connectivity index is 2.19. The Morgan fingerprint density at radius 1 is 1.30 bits per heavy atom. The van der Waals surface area contributed by atoms with Crippen molar-refractivity contribution in [2.75, 3.05) is 17.6 Å². The van der Waals surface area contributed by atoms with Gasteiger partial charge in [0.2, 0.25) is 9.84 Å². The van der Waals surface area contributed by atoms with E-state index in [1.54, 1.807) is 6.82 Å². The van der Waals surface area contributed by atoms with Crippen molar-refractivity contribution in [2.45, 2.75) is 31.1 Å². The van der Waals surface area contributed by atoms with E-state index in [0.717, 1.165) is 23.3 Å². The second-order valence-electron chi connectivity index (χ2n) is 7.22. The first kappa shape index (κ1) is 21.6. The van der Waals surface area contributed by atoms with Crippen molar-refractivity contribution in [1.82, 2.24) is 19.6 Å². The van der Waals surface area contributed by atoms with Crippen LogP contribution in [0.1, 0.15) is 18.2 Å². The smallest absolute Gasteiger partial charge is 0.267 e. The molecule has 0 amide bonds. The molecule has 0 radical (unpaired) electrons. The average molecular weight is 432 g/mol. The van der Waals surface area contributed by atoms with Crippen molar-refractivity contribution in [3.8, 4) is 6.07 Å². The quantitative estimate of drug-likeness (QED) is 0.528. The predicted octanol–water partition coefficient (Wildman–Crippen LogP) is 2.26. The normalized spacial score (nSPS) is 12.0. The highest BCUT2D eigenvalue weighted by Crippen LogP contribution is 2.26. The van der Waals surface area contributed by atoms with Gasteiger partial charge in [-0.3, -0.25) is 0 Å². The topological polar surface area (TPSA) is 104 Å². The molecule has 156 valence electrons. The van der Waals surface area contributed by atoms with Gasteiger partial charge in [-0.1, -0.05) is 42.7 Å². The van der Waals surface area contributed by atoms with Gasteiger partial charge in [-0.2, -0.15) is 14.8 Å². The molecule has 0 saturated heterocycles. The van der Waals surface area contributed by atoms with Gasteiger partial charge in [0.15, 0.2) is 17.2 Å². The molecule has 2 aromatic heterocycles. The Morgan fingerprint density at radius 2 is 1.97 bits per heavy atom. The standard InChI is InChI=1S/C18H19BF2N6O2S/c1-18(20,21)12-26(19(2)9-13-7-5-4-6-8-13)16-15-23-11-14(10-22)27(15)25-17(24-16)30(3,28)29/h4-8,11H,9,12H2,1-3H3. The van der Waals surface area contributed by atoms with Crippen LogP contribution >= 0.6 is 0 Å². The van der Waals surface area contributed by atoms with Crippen LogP contribution in [0.4, 0.5) is 14.6 Å². The van der Waals surface area contributed by atoms with Gasteiger partial charge in [0.05, 0.1) is 12.7 Å². The molecule has 0 aliphatic heterocycles. The highest BCUT2D eigenvalue weighted by atomic mass is 32.2. The summed E-state index contributed by atoms with van der Waals surface area (Å²) in [5, 5.41) is 12.6. The predicted molar refractivity (Wildman–Crippen MR) is 108 cm³/mol. The summed E-state index contributed by atoms with van der Waals surface area (Å²) in [5.41, 5.74) is 0.921. The van der Waals surface area contributed by atoms with E-state index in [2.05, 4.69) is 15.1 Å². The molecule has 3 aromatic rings. The van der Waals surface area contributed by atoms with Gasteiger partial charge >= 0.3 is 0 Å². The van der Waals surface area contributed by atoms with Crippen molar-refractivity contribution in [1.29, 1.82) is 5.26 Å². The summed E-state index contributed by atoms with van der Waals surface area (Å²) in [4.78, 5) is 9.47. The zero-order chi connectivity index (χ0) is 22.1. The molecule has 0 atom stereocenters. The highest BCUT2D eigenvalue weighted by Gasteiger charge is 2.33. The molecule has 0 fully saturated rings. The minimum absolute atomic E-state index is 0.0301. The van der Waals surface area contributed by atoms with Gasteiger partial charge in [0.25, 0.3) is 17.9 Å². The van der Waals surface area contributed by atoms with E-state index in [4.69, 9.17) is 0 Å². The number of imidazole rings is 1. The van der Waals surface area contributed by atoms with Gasteiger partial charge in [-0.05, 0) is 6.32 Å². The van der Waals surface area contributed by atoms with Crippen LogP contribution in [0.5, 0.6) is 0 Å². The van der Waals surface area contributed by atoms with Gasteiger partial charge in [0.1, 0.15) is 6.07 Å². The molecule has 2 heterocycles. The minimum Gasteiger partial charge on any atom is -0.391 e. The number of hydrogen-bond acceptors (Lipinski definition) is 7. The van der Waals surface area contributed by atoms with Crippen molar-refractivity contribution >= 4 is 28.1 Å². The summed E-state index contributed by atoms with van der Waals surface area (Å²) in [7, 11) is -3.88. The Bertz CT molecular complexity index is 1210. The number of aromatic nitrogens is 4. The fraction of sp³-hybridized carbons (Fsp3) is 0.333. The number of nitrogens with zero attached hydrogens (tertiary/aromatic N) is 6. The first-order chi connectivity index (χ1) is 14.0. The van der Waals surface area contributed by atoms with Crippen LogP contribution in [0, 0.1) is 11.3 Å². The lowest BCUT2D eigenvalue weighted by Gasteiger charge is -2.31. The third kappa shape index (κ3) is 4.73. The molecule has 8 nitrogen and oxygen atoms in total. The molecular formula is C18H19BF2N6O2S. The zero-order valence-corrected chi connectivity index (χ0v) is 17.4. The van der Waals surface area contributed by atoms with E-state index >= 15 is 0 Å². The summed E-state index contributed by atoms with van der Waals surface area (Å²) in [5.74, 6) is -3.17. The number of alkyl halides is 2. The fourth-order valence-corrected chi connectivity index (χ4v) is 3.56. The largest absolute Gasteiger partial charge is 0.391 e. The van der Waals surface area contributed by atoms with Gasteiger partial charge in [0, 0.05) is 13.2 Å². The monoisotopic (exact) mass is 432 g/mol. The SMILES string of the molecule is CB(Cc1ccccc1)N(CC(C)(F)F)c1nc(S(C)(=O)=O)nn2c(C#N)cnc12. The van der Waals surface area contributed by atoms with Gasteiger partial charge < -0.3 is 4.81 Å². The molecule has 0 saturated carbocycles. The molecule has 0 unspecified atom stereocenters. The molecule has 0 bridgehead atoms. The molecule has 30 heavy (non-hydrogen) atoms. The number of sulfone groups is 1. The minimum atomic E-state index is -3.88. The number of anilines is 1. The first-order valence-electron chi connectivity index (χ1n) is 9.04. The van der Waals surface area contributed by atoms with E-state index in [9.17, 15) is 22.5 Å². The van der Waals surface area contributed by atoms with Crippen molar-refractivity contribution in [3.05, 3.63) is 47.8 Å². The molecule has 0 spiro atoms. The summed E-state index contributed by atoms with van der Waals surface area (Å²) in [6.07, 6.45) is 2.52. The fourth-order valence-electron chi connectivity index (χ4n) is 3.08. The average Bonchev–Trinajstić information content (AvgIpc) is 3.08. The third-order valence-corrected chi connectivity index (χ3v) is 5.23. The summed E-state index contributed by atoms with van der Waals surface area (Å²) in [6.45, 7) is 1.32. The van der Waals surface area contributed by atoms with Gasteiger partial charge in [-0.25, -0.2) is 22.2 Å². The number of nitriles is 1. The van der Waals surface area contributed by atoms with E-state index < -0.39 is 34.3 Å². The molecule has 3 rings (SSSR count). The van der Waals surface area contributed by atoms with E-state index in [-0.39, 0.29) is 17.2 Å². The van der Waals surface area contributed by atoms with Gasteiger partial charge in [-0.15, -0.1) is 5.10 Å². The highest BCUT2D eigenvalue weighted by molar-refractivity contribution is 7.90. The van der Waals surface area contributed by atoms with Crippen LogP contribution < -0.4 is 4.81 Å². The molecule has 12 heteroatoms. The molecule has 0 aliphatic carbocycles. The van der Waals surface area contributed by atoms with Crippen LogP contribution in [-0.4, -0.2) is 53.6 Å². The number of halogens is 2. The first-order valence-corrected chi connectivity index (χ1v) is 10.9. The lowest BCUT2D eigenvalue weighted by molar-refractivity contribution is 0.0329. The number of fused-ring (bicyclic) bond motifs is 1. The number of rotatable bonds is 7. The maximum Gasteiger partial charge on any atom is 0.267 e. The Morgan fingerprint density at radius 3 is 2.53 bits per heavy atom. The Hall–Kier alpha value is -3.07. The molecule has 0 aliphatic rings. The third-order valence-electron chi connectivity index (χ3n) is 4.40. The summed E-state index contributed by atoms with van der Waals surface area (Å²) < 4.78 is 53.4. The molecule has 0 N–H and O–H groups in total. The second-order valence-corrected chi connectivity index (χ2v) is 9.13. The van der Waals surface area contributed by atoms with Crippen molar-refractivity contribution in [2.24, 2.45) is 0 Å². The lowest BCUT2D eigenvalue weighted by atomic mass is 9.58. The lowest BCUT2D eigenvalue weighted by Crippen LogP contribution is -2.46. The van der Waals surface area contributed by atoms with Crippen LogP contribution in [0.15, 0.2) is 41.7 Å². The number of hydrogen-bond donors (Lipinski definition) is 0. The van der Waals surface area contributed by atoms with E-state index in [0.29, 0.717) is 6.32 Å². The molecule has 1 aromatic carbocycles. The Kier molecular flexibility index (Phi) is 5.76. The van der Waals surface area contributed by atoms with Crippen molar-refractivity contribution < 1.29 is 17.2 Å². The van der Waals surface area contributed by atoms with E-state index in [1.807, 2.05) is 36.4 Å². The number of benzene rings is 1. The second kappa shape index (κ2) is 7.99. The van der Waals surface area contributed by atoms with Crippen LogP contribution in [-0.2, 0) is 16.2 Å². The summed E-state index contributed by atoms with van der Waals surface area (Å²) >= 11 is 0. The van der Waals surface area contributed by atoms with Crippen LogP contribution in [0.25, 0.3) is 5.65 Å². The maximum atomic E-state index is 14.1. The zero-order valence-electron chi connectivity index (χ0n) is 16.6. The maximum absolute atomic E-state index is 14.1. The van der Waals surface area contributed by atoms with Crippen LogP contribution in [0.2, 0.25) is 6.82 Å². The van der Waals surface area contributed by atoms with Crippen LogP contribution in [0.3, 0.4) is 0 Å². The Labute approximate surface area is 173 Å². The molecular weight excluding hydrogens is 413 g/mol. The summed E-state index contributed by atoms with van der Waals surface area (Å²) in [6, 6.07) is 11.2.